The molecule has 0 saturated heterocycles. The van der Waals surface area contributed by atoms with Crippen molar-refractivity contribution in [2.75, 3.05) is 11.9 Å². The number of hydrogen-bond donors (Lipinski definition) is 2. The zero-order valence-electron chi connectivity index (χ0n) is 10.5. The Morgan fingerprint density at radius 2 is 2.00 bits per heavy atom. The summed E-state index contributed by atoms with van der Waals surface area (Å²) < 4.78 is 40.3. The van der Waals surface area contributed by atoms with Gasteiger partial charge in [0.15, 0.2) is 0 Å². The normalized spacial score (nSPS) is 14.9. The SMILES string of the molecule is CCC(C)(O)CNc1ccc(OC(F)(F)F)c(Br)c1. The molecule has 0 aliphatic rings. The van der Waals surface area contributed by atoms with Gasteiger partial charge in [0.1, 0.15) is 5.75 Å². The minimum Gasteiger partial charge on any atom is -0.405 e. The van der Waals surface area contributed by atoms with Crippen LogP contribution >= 0.6 is 15.9 Å². The predicted molar refractivity (Wildman–Crippen MR) is 70.2 cm³/mol. The van der Waals surface area contributed by atoms with Crippen molar-refractivity contribution in [2.24, 2.45) is 0 Å². The highest BCUT2D eigenvalue weighted by molar-refractivity contribution is 9.10. The van der Waals surface area contributed by atoms with E-state index in [1.54, 1.807) is 6.92 Å². The summed E-state index contributed by atoms with van der Waals surface area (Å²) in [5.74, 6) is -0.305. The smallest absolute Gasteiger partial charge is 0.405 e. The van der Waals surface area contributed by atoms with Gasteiger partial charge in [0.2, 0.25) is 0 Å². The number of rotatable bonds is 5. The summed E-state index contributed by atoms with van der Waals surface area (Å²) in [7, 11) is 0. The van der Waals surface area contributed by atoms with Crippen molar-refractivity contribution in [3.63, 3.8) is 0 Å². The molecule has 0 aliphatic carbocycles. The van der Waals surface area contributed by atoms with Crippen LogP contribution in [0.2, 0.25) is 0 Å². The van der Waals surface area contributed by atoms with Crippen LogP contribution in [0.5, 0.6) is 5.75 Å². The van der Waals surface area contributed by atoms with Gasteiger partial charge < -0.3 is 15.2 Å². The van der Waals surface area contributed by atoms with Crippen LogP contribution in [0.3, 0.4) is 0 Å². The average molecular weight is 342 g/mol. The Balaban J connectivity index is 2.72. The van der Waals surface area contributed by atoms with E-state index < -0.39 is 12.0 Å². The summed E-state index contributed by atoms with van der Waals surface area (Å²) in [6, 6.07) is 4.13. The van der Waals surface area contributed by atoms with Gasteiger partial charge >= 0.3 is 6.36 Å². The Morgan fingerprint density at radius 1 is 1.37 bits per heavy atom. The zero-order valence-corrected chi connectivity index (χ0v) is 12.1. The first-order valence-corrected chi connectivity index (χ1v) is 6.44. The number of ether oxygens (including phenoxy) is 1. The molecule has 0 fully saturated rings. The molecule has 3 nitrogen and oxygen atoms in total. The Morgan fingerprint density at radius 3 is 2.47 bits per heavy atom. The molecule has 0 radical (unpaired) electrons. The van der Waals surface area contributed by atoms with E-state index in [-0.39, 0.29) is 10.2 Å². The summed E-state index contributed by atoms with van der Waals surface area (Å²) in [4.78, 5) is 0. The number of halogens is 4. The number of aliphatic hydroxyl groups is 1. The van der Waals surface area contributed by atoms with Crippen LogP contribution in [0.25, 0.3) is 0 Å². The van der Waals surface area contributed by atoms with E-state index in [1.807, 2.05) is 6.92 Å². The predicted octanol–water partition coefficient (Wildman–Crippen LogP) is 3.92. The summed E-state index contributed by atoms with van der Waals surface area (Å²) in [5, 5.41) is 12.8. The van der Waals surface area contributed by atoms with Gasteiger partial charge in [0, 0.05) is 12.2 Å². The summed E-state index contributed by atoms with van der Waals surface area (Å²) >= 11 is 3.01. The van der Waals surface area contributed by atoms with Crippen LogP contribution in [0.15, 0.2) is 22.7 Å². The first kappa shape index (κ1) is 16.1. The van der Waals surface area contributed by atoms with Crippen LogP contribution < -0.4 is 10.1 Å². The Hall–Kier alpha value is -0.950. The maximum Gasteiger partial charge on any atom is 0.573 e. The first-order valence-electron chi connectivity index (χ1n) is 5.64. The maximum atomic E-state index is 12.1. The van der Waals surface area contributed by atoms with E-state index in [0.717, 1.165) is 0 Å². The monoisotopic (exact) mass is 341 g/mol. The molecule has 0 spiro atoms. The lowest BCUT2D eigenvalue weighted by atomic mass is 10.0. The molecule has 0 heterocycles. The van der Waals surface area contributed by atoms with E-state index in [1.165, 1.54) is 18.2 Å². The van der Waals surface area contributed by atoms with Gasteiger partial charge in [-0.25, -0.2) is 0 Å². The lowest BCUT2D eigenvalue weighted by molar-refractivity contribution is -0.274. The zero-order chi connectivity index (χ0) is 14.7. The first-order chi connectivity index (χ1) is 8.63. The van der Waals surface area contributed by atoms with Crippen LogP contribution in [-0.4, -0.2) is 23.6 Å². The largest absolute Gasteiger partial charge is 0.573 e. The van der Waals surface area contributed by atoms with Gasteiger partial charge in [0.05, 0.1) is 10.1 Å². The minimum absolute atomic E-state index is 0.186. The Bertz CT molecular complexity index is 435. The van der Waals surface area contributed by atoms with Crippen molar-refractivity contribution in [3.05, 3.63) is 22.7 Å². The summed E-state index contributed by atoms with van der Waals surface area (Å²) in [6.07, 6.45) is -4.15. The molecule has 1 unspecified atom stereocenters. The molecule has 0 bridgehead atoms. The molecule has 1 atom stereocenters. The molecule has 108 valence electrons. The summed E-state index contributed by atoms with van der Waals surface area (Å²) in [5.41, 5.74) is -0.275. The van der Waals surface area contributed by atoms with Crippen molar-refractivity contribution < 1.29 is 23.0 Å². The van der Waals surface area contributed by atoms with Crippen LogP contribution in [0.1, 0.15) is 20.3 Å². The van der Waals surface area contributed by atoms with Crippen LogP contribution in [0.4, 0.5) is 18.9 Å². The second-order valence-corrected chi connectivity index (χ2v) is 5.25. The average Bonchev–Trinajstić information content (AvgIpc) is 2.28. The van der Waals surface area contributed by atoms with Crippen molar-refractivity contribution >= 4 is 21.6 Å². The molecule has 1 rings (SSSR count). The van der Waals surface area contributed by atoms with Gasteiger partial charge in [-0.15, -0.1) is 13.2 Å². The number of hydrogen-bond acceptors (Lipinski definition) is 3. The van der Waals surface area contributed by atoms with Crippen molar-refractivity contribution in [1.82, 2.24) is 0 Å². The van der Waals surface area contributed by atoms with Crippen LogP contribution in [0, 0.1) is 0 Å². The van der Waals surface area contributed by atoms with Gasteiger partial charge in [0.25, 0.3) is 0 Å². The van der Waals surface area contributed by atoms with E-state index in [0.29, 0.717) is 18.7 Å². The van der Waals surface area contributed by atoms with Gasteiger partial charge in [-0.1, -0.05) is 6.92 Å². The highest BCUT2D eigenvalue weighted by atomic mass is 79.9. The molecule has 7 heteroatoms. The fourth-order valence-corrected chi connectivity index (χ4v) is 1.70. The highest BCUT2D eigenvalue weighted by Gasteiger charge is 2.32. The quantitative estimate of drug-likeness (QED) is 0.852. The van der Waals surface area contributed by atoms with Crippen molar-refractivity contribution in [1.29, 1.82) is 0 Å². The Kier molecular flexibility index (Phi) is 5.09. The minimum atomic E-state index is -4.72. The van der Waals surface area contributed by atoms with E-state index in [2.05, 4.69) is 26.0 Å². The van der Waals surface area contributed by atoms with Crippen molar-refractivity contribution in [2.45, 2.75) is 32.2 Å². The lowest BCUT2D eigenvalue weighted by Crippen LogP contribution is -2.32. The van der Waals surface area contributed by atoms with Crippen LogP contribution in [-0.2, 0) is 0 Å². The van der Waals surface area contributed by atoms with E-state index in [4.69, 9.17) is 0 Å². The number of benzene rings is 1. The van der Waals surface area contributed by atoms with E-state index in [9.17, 15) is 18.3 Å². The number of nitrogens with one attached hydrogen (secondary N) is 1. The number of anilines is 1. The Labute approximate surface area is 117 Å². The highest BCUT2D eigenvalue weighted by Crippen LogP contribution is 2.32. The third kappa shape index (κ3) is 5.69. The molecule has 0 aromatic heterocycles. The summed E-state index contributed by atoms with van der Waals surface area (Å²) in [6.45, 7) is 3.82. The molecule has 2 N–H and O–H groups in total. The molecule has 0 saturated carbocycles. The topological polar surface area (TPSA) is 41.5 Å². The molecular weight excluding hydrogens is 327 g/mol. The third-order valence-corrected chi connectivity index (χ3v) is 3.21. The fourth-order valence-electron chi connectivity index (χ4n) is 1.24. The number of alkyl halides is 3. The second-order valence-electron chi connectivity index (χ2n) is 4.40. The molecule has 0 aliphatic heterocycles. The van der Waals surface area contributed by atoms with Gasteiger partial charge in [-0.05, 0) is 47.5 Å². The molecule has 19 heavy (non-hydrogen) atoms. The van der Waals surface area contributed by atoms with Gasteiger partial charge in [-0.2, -0.15) is 0 Å². The third-order valence-electron chi connectivity index (χ3n) is 2.59. The van der Waals surface area contributed by atoms with E-state index >= 15 is 0 Å². The van der Waals surface area contributed by atoms with Gasteiger partial charge in [-0.3, -0.25) is 0 Å². The fraction of sp³-hybridized carbons (Fsp3) is 0.500. The molecule has 0 amide bonds. The lowest BCUT2D eigenvalue weighted by Gasteiger charge is -2.22. The maximum absolute atomic E-state index is 12.1. The second kappa shape index (κ2) is 6.00. The van der Waals surface area contributed by atoms with Crippen molar-refractivity contribution in [3.8, 4) is 5.75 Å². The molecular formula is C12H15BrF3NO2. The molecule has 1 aromatic carbocycles. The standard InChI is InChI=1S/C12H15BrF3NO2/c1-3-11(2,18)7-17-8-4-5-10(9(13)6-8)19-12(14,15)16/h4-6,17-18H,3,7H2,1-2H3. The molecule has 1 aromatic rings.